The van der Waals surface area contributed by atoms with Crippen LogP contribution in [0.5, 0.6) is 0 Å². The summed E-state index contributed by atoms with van der Waals surface area (Å²) in [4.78, 5) is 4.11. The fraction of sp³-hybridized carbons (Fsp3) is 0.591. The molecule has 0 saturated heterocycles. The van der Waals surface area contributed by atoms with Crippen LogP contribution in [-0.2, 0) is 6.54 Å². The average molecular weight is 381 g/mol. The van der Waals surface area contributed by atoms with Crippen molar-refractivity contribution in [2.24, 2.45) is 23.2 Å². The third kappa shape index (κ3) is 3.35. The molecule has 0 unspecified atom stereocenters. The summed E-state index contributed by atoms with van der Waals surface area (Å²) in [5.41, 5.74) is 1.70. The van der Waals surface area contributed by atoms with E-state index in [1.807, 2.05) is 42.4 Å². The lowest BCUT2D eigenvalue weighted by molar-refractivity contribution is -0.0538. The number of aromatic nitrogens is 4. The fourth-order valence-electron chi connectivity index (χ4n) is 6.36. The van der Waals surface area contributed by atoms with Gasteiger partial charge in [-0.05, 0) is 80.2 Å². The van der Waals surface area contributed by atoms with Crippen molar-refractivity contribution in [3.8, 4) is 11.4 Å². The van der Waals surface area contributed by atoms with Crippen LogP contribution in [0.15, 0.2) is 42.3 Å². The van der Waals surface area contributed by atoms with E-state index in [0.29, 0.717) is 5.41 Å². The highest BCUT2D eigenvalue weighted by atomic mass is 32.2. The third-order valence-electron chi connectivity index (χ3n) is 7.00. The molecule has 0 amide bonds. The minimum Gasteiger partial charge on any atom is -0.298 e. The monoisotopic (exact) mass is 380 g/mol. The van der Waals surface area contributed by atoms with Crippen LogP contribution in [0.2, 0.25) is 0 Å². The molecule has 4 aliphatic carbocycles. The first-order valence-corrected chi connectivity index (χ1v) is 11.3. The summed E-state index contributed by atoms with van der Waals surface area (Å²) in [5.74, 6) is 5.16. The summed E-state index contributed by atoms with van der Waals surface area (Å²) >= 11 is 1.88. The molecule has 2 heterocycles. The van der Waals surface area contributed by atoms with E-state index in [0.717, 1.165) is 46.6 Å². The summed E-state index contributed by atoms with van der Waals surface area (Å²) in [6.07, 6.45) is 15.9. The van der Waals surface area contributed by atoms with Gasteiger partial charge < -0.3 is 0 Å². The topological polar surface area (TPSA) is 43.6 Å². The molecule has 4 aliphatic rings. The molecule has 0 atom stereocenters. The van der Waals surface area contributed by atoms with Gasteiger partial charge in [0.05, 0.1) is 0 Å². The van der Waals surface area contributed by atoms with E-state index < -0.39 is 0 Å². The van der Waals surface area contributed by atoms with Gasteiger partial charge in [0.2, 0.25) is 0 Å². The molecule has 0 N–H and O–H groups in total. The van der Waals surface area contributed by atoms with E-state index in [4.69, 9.17) is 0 Å². The van der Waals surface area contributed by atoms with Gasteiger partial charge in [0.25, 0.3) is 0 Å². The second kappa shape index (κ2) is 7.08. The smallest absolute Gasteiger partial charge is 0.191 e. The van der Waals surface area contributed by atoms with Gasteiger partial charge in [-0.2, -0.15) is 0 Å². The summed E-state index contributed by atoms with van der Waals surface area (Å²) in [6.45, 7) is 4.66. The van der Waals surface area contributed by atoms with Gasteiger partial charge in [0.15, 0.2) is 11.0 Å². The van der Waals surface area contributed by atoms with Gasteiger partial charge in [-0.15, -0.1) is 16.8 Å². The van der Waals surface area contributed by atoms with Crippen molar-refractivity contribution in [3.63, 3.8) is 0 Å². The van der Waals surface area contributed by atoms with E-state index in [9.17, 15) is 0 Å². The van der Waals surface area contributed by atoms with E-state index in [2.05, 4.69) is 26.3 Å². The number of pyridine rings is 1. The van der Waals surface area contributed by atoms with E-state index >= 15 is 0 Å². The van der Waals surface area contributed by atoms with Gasteiger partial charge in [0, 0.05) is 30.3 Å². The lowest BCUT2D eigenvalue weighted by Gasteiger charge is -2.57. The van der Waals surface area contributed by atoms with Crippen LogP contribution < -0.4 is 0 Å². The van der Waals surface area contributed by atoms with Crippen LogP contribution >= 0.6 is 11.8 Å². The first-order valence-electron chi connectivity index (χ1n) is 10.3. The zero-order valence-corrected chi connectivity index (χ0v) is 16.7. The van der Waals surface area contributed by atoms with Gasteiger partial charge in [-0.3, -0.25) is 9.55 Å². The molecule has 4 saturated carbocycles. The van der Waals surface area contributed by atoms with Gasteiger partial charge in [0.1, 0.15) is 0 Å². The highest BCUT2D eigenvalue weighted by molar-refractivity contribution is 7.99. The predicted octanol–water partition coefficient (Wildman–Crippen LogP) is 5.22. The van der Waals surface area contributed by atoms with Crippen LogP contribution in [-0.4, -0.2) is 25.5 Å². The molecule has 2 aromatic heterocycles. The van der Waals surface area contributed by atoms with Crippen LogP contribution in [0, 0.1) is 23.2 Å². The van der Waals surface area contributed by atoms with Gasteiger partial charge in [-0.1, -0.05) is 17.8 Å². The quantitative estimate of drug-likeness (QED) is 0.488. The average Bonchev–Trinajstić information content (AvgIpc) is 3.04. The molecular formula is C22H28N4S. The zero-order chi connectivity index (χ0) is 18.3. The maximum atomic E-state index is 4.50. The maximum Gasteiger partial charge on any atom is 0.191 e. The number of thioether (sulfide) groups is 1. The fourth-order valence-corrected chi connectivity index (χ4v) is 7.49. The highest BCUT2D eigenvalue weighted by Crippen LogP contribution is 2.61. The largest absolute Gasteiger partial charge is 0.298 e. The molecule has 4 bridgehead atoms. The molecule has 4 nitrogen and oxygen atoms in total. The predicted molar refractivity (Wildman–Crippen MR) is 109 cm³/mol. The molecule has 27 heavy (non-hydrogen) atoms. The summed E-state index contributed by atoms with van der Waals surface area (Å²) in [6, 6.07) is 3.99. The SMILES string of the molecule is C=CCn1c(SCCC23CC4CC(CC(C4)C2)C3)nnc1-c1ccncc1. The van der Waals surface area contributed by atoms with Crippen molar-refractivity contribution < 1.29 is 0 Å². The molecule has 0 radical (unpaired) electrons. The Hall–Kier alpha value is -1.62. The Kier molecular flexibility index (Phi) is 4.58. The van der Waals surface area contributed by atoms with Gasteiger partial charge >= 0.3 is 0 Å². The van der Waals surface area contributed by atoms with Crippen molar-refractivity contribution in [2.45, 2.75) is 56.6 Å². The van der Waals surface area contributed by atoms with Crippen LogP contribution in [0.4, 0.5) is 0 Å². The Labute approximate surface area is 165 Å². The number of hydrogen-bond donors (Lipinski definition) is 0. The van der Waals surface area contributed by atoms with Crippen LogP contribution in [0.25, 0.3) is 11.4 Å². The summed E-state index contributed by atoms with van der Waals surface area (Å²) in [5, 5.41) is 9.99. The number of rotatable bonds is 7. The molecule has 142 valence electrons. The molecule has 0 aliphatic heterocycles. The van der Waals surface area contributed by atoms with E-state index in [1.165, 1.54) is 44.9 Å². The van der Waals surface area contributed by atoms with Crippen LogP contribution in [0.1, 0.15) is 44.9 Å². The lowest BCUT2D eigenvalue weighted by atomic mass is 9.49. The first kappa shape index (κ1) is 17.5. The molecule has 5 heteroatoms. The van der Waals surface area contributed by atoms with Gasteiger partial charge in [-0.25, -0.2) is 0 Å². The van der Waals surface area contributed by atoms with Crippen molar-refractivity contribution in [1.29, 1.82) is 0 Å². The minimum atomic E-state index is 0.638. The number of nitrogens with zero attached hydrogens (tertiary/aromatic N) is 4. The second-order valence-corrected chi connectivity index (χ2v) is 10.0. The molecule has 2 aromatic rings. The maximum absolute atomic E-state index is 4.50. The second-order valence-electron chi connectivity index (χ2n) is 8.96. The minimum absolute atomic E-state index is 0.638. The molecular weight excluding hydrogens is 352 g/mol. The molecule has 0 spiro atoms. The van der Waals surface area contributed by atoms with Crippen LogP contribution in [0.3, 0.4) is 0 Å². The Morgan fingerprint density at radius 3 is 2.37 bits per heavy atom. The molecule has 4 fully saturated rings. The van der Waals surface area contributed by atoms with Crippen molar-refractivity contribution in [2.75, 3.05) is 5.75 Å². The van der Waals surface area contributed by atoms with Crippen molar-refractivity contribution in [1.82, 2.24) is 19.7 Å². The van der Waals surface area contributed by atoms with Crippen molar-refractivity contribution >= 4 is 11.8 Å². The van der Waals surface area contributed by atoms with E-state index in [1.54, 1.807) is 0 Å². The Bertz CT molecular complexity index is 778. The Morgan fingerprint density at radius 2 is 1.74 bits per heavy atom. The highest BCUT2D eigenvalue weighted by Gasteiger charge is 2.50. The molecule has 0 aromatic carbocycles. The summed E-state index contributed by atoms with van der Waals surface area (Å²) < 4.78 is 2.19. The number of hydrogen-bond acceptors (Lipinski definition) is 4. The third-order valence-corrected chi connectivity index (χ3v) is 7.96. The zero-order valence-electron chi connectivity index (χ0n) is 15.9. The lowest BCUT2D eigenvalue weighted by Crippen LogP contribution is -2.46. The van der Waals surface area contributed by atoms with Crippen molar-refractivity contribution in [3.05, 3.63) is 37.2 Å². The molecule has 6 rings (SSSR count). The normalized spacial score (nSPS) is 31.3. The Morgan fingerprint density at radius 1 is 1.07 bits per heavy atom. The van der Waals surface area contributed by atoms with E-state index in [-0.39, 0.29) is 0 Å². The standard InChI is InChI=1S/C22H28N4S/c1-2-8-26-20(19-3-6-23-7-4-19)24-25-21(26)27-9-5-22-13-16-10-17(14-22)12-18(11-16)15-22/h2-4,6-7,16-18H,1,5,8-15H2. The number of allylic oxidation sites excluding steroid dienone is 1. The first-order chi connectivity index (χ1) is 13.2. The summed E-state index contributed by atoms with van der Waals surface area (Å²) in [7, 11) is 0. The Balaban J connectivity index is 1.29.